The fourth-order valence-corrected chi connectivity index (χ4v) is 2.93. The number of nitro benzene ring substituents is 1. The molecule has 0 aliphatic carbocycles. The van der Waals surface area contributed by atoms with E-state index in [0.717, 1.165) is 31.7 Å². The van der Waals surface area contributed by atoms with E-state index in [1.54, 1.807) is 12.1 Å². The van der Waals surface area contributed by atoms with Crippen molar-refractivity contribution in [3.63, 3.8) is 0 Å². The minimum absolute atomic E-state index is 0.0321. The van der Waals surface area contributed by atoms with E-state index < -0.39 is 4.92 Å². The van der Waals surface area contributed by atoms with Gasteiger partial charge in [0.25, 0.3) is 5.69 Å². The average Bonchev–Trinajstić information content (AvgIpc) is 2.60. The van der Waals surface area contributed by atoms with Crippen molar-refractivity contribution < 1.29 is 4.92 Å². The van der Waals surface area contributed by atoms with E-state index in [0.29, 0.717) is 22.4 Å². The zero-order valence-electron chi connectivity index (χ0n) is 12.6. The van der Waals surface area contributed by atoms with Crippen LogP contribution in [0.25, 0.3) is 10.9 Å². The number of benzene rings is 1. The maximum absolute atomic E-state index is 10.9. The van der Waals surface area contributed by atoms with Crippen LogP contribution in [0.3, 0.4) is 0 Å². The Hall–Kier alpha value is -2.94. The van der Waals surface area contributed by atoms with Crippen LogP contribution in [0.15, 0.2) is 36.9 Å². The van der Waals surface area contributed by atoms with Crippen LogP contribution < -0.4 is 4.90 Å². The highest BCUT2D eigenvalue weighted by Gasteiger charge is 2.20. The van der Waals surface area contributed by atoms with Gasteiger partial charge in [-0.2, -0.15) is 5.26 Å². The second-order valence-corrected chi connectivity index (χ2v) is 5.66. The van der Waals surface area contributed by atoms with E-state index in [1.807, 2.05) is 6.08 Å². The van der Waals surface area contributed by atoms with Crippen LogP contribution in [0, 0.1) is 27.4 Å². The maximum Gasteiger partial charge on any atom is 0.270 e. The van der Waals surface area contributed by atoms with E-state index in [9.17, 15) is 15.4 Å². The summed E-state index contributed by atoms with van der Waals surface area (Å²) in [5.74, 6) is 1.29. The Balaban J connectivity index is 2.00. The van der Waals surface area contributed by atoms with E-state index in [4.69, 9.17) is 0 Å². The molecule has 116 valence electrons. The second-order valence-electron chi connectivity index (χ2n) is 5.66. The average molecular weight is 308 g/mol. The van der Waals surface area contributed by atoms with Crippen molar-refractivity contribution in [1.29, 1.82) is 5.26 Å². The Kier molecular flexibility index (Phi) is 3.94. The van der Waals surface area contributed by atoms with Gasteiger partial charge >= 0.3 is 0 Å². The van der Waals surface area contributed by atoms with Crippen LogP contribution in [0.5, 0.6) is 0 Å². The molecule has 0 N–H and O–H groups in total. The van der Waals surface area contributed by atoms with Crippen molar-refractivity contribution >= 4 is 22.4 Å². The highest BCUT2D eigenvalue weighted by atomic mass is 16.6. The second kappa shape index (κ2) is 6.05. The Bertz CT molecular complexity index is 817. The lowest BCUT2D eigenvalue weighted by molar-refractivity contribution is -0.384. The zero-order valence-corrected chi connectivity index (χ0v) is 12.6. The fourth-order valence-electron chi connectivity index (χ4n) is 2.93. The third-order valence-corrected chi connectivity index (χ3v) is 4.31. The third-order valence-electron chi connectivity index (χ3n) is 4.31. The number of nitriles is 1. The molecule has 23 heavy (non-hydrogen) atoms. The summed E-state index contributed by atoms with van der Waals surface area (Å²) in [6.07, 6.45) is 4.03. The van der Waals surface area contributed by atoms with Gasteiger partial charge in [0, 0.05) is 30.6 Å². The highest BCUT2D eigenvalue weighted by Crippen LogP contribution is 2.28. The minimum atomic E-state index is -0.464. The first kappa shape index (κ1) is 15.0. The lowest BCUT2D eigenvalue weighted by Crippen LogP contribution is -2.33. The smallest absolute Gasteiger partial charge is 0.270 e. The number of fused-ring (bicyclic) bond motifs is 1. The summed E-state index contributed by atoms with van der Waals surface area (Å²) in [6, 6.07) is 8.29. The van der Waals surface area contributed by atoms with Crippen molar-refractivity contribution in [3.05, 3.63) is 52.6 Å². The SMILES string of the molecule is C=CC1CCN(c2cc(C#N)c3cc([N+](=O)[O-])ccc3n2)CC1. The van der Waals surface area contributed by atoms with Gasteiger partial charge in [0.2, 0.25) is 0 Å². The minimum Gasteiger partial charge on any atom is -0.357 e. The van der Waals surface area contributed by atoms with Crippen LogP contribution in [0.4, 0.5) is 11.5 Å². The van der Waals surface area contributed by atoms with E-state index in [2.05, 4.69) is 22.5 Å². The summed E-state index contributed by atoms with van der Waals surface area (Å²) in [4.78, 5) is 17.2. The number of nitro groups is 1. The number of non-ortho nitro benzene ring substituents is 1. The molecule has 0 unspecified atom stereocenters. The number of piperidine rings is 1. The van der Waals surface area contributed by atoms with Crippen molar-refractivity contribution in [1.82, 2.24) is 4.98 Å². The maximum atomic E-state index is 10.9. The van der Waals surface area contributed by atoms with Gasteiger partial charge in [-0.25, -0.2) is 4.98 Å². The van der Waals surface area contributed by atoms with Crippen LogP contribution >= 0.6 is 0 Å². The molecule has 0 radical (unpaired) electrons. The topological polar surface area (TPSA) is 83.1 Å². The largest absolute Gasteiger partial charge is 0.357 e. The van der Waals surface area contributed by atoms with Crippen molar-refractivity contribution in [3.8, 4) is 6.07 Å². The molecule has 0 amide bonds. The molecule has 0 atom stereocenters. The first-order valence-electron chi connectivity index (χ1n) is 7.49. The molecule has 0 saturated carbocycles. The predicted molar refractivity (Wildman–Crippen MR) is 88.2 cm³/mol. The molecule has 2 aromatic rings. The summed E-state index contributed by atoms with van der Waals surface area (Å²) in [6.45, 7) is 5.58. The first-order chi connectivity index (χ1) is 11.1. The van der Waals surface area contributed by atoms with Gasteiger partial charge in [-0.15, -0.1) is 6.58 Å². The quantitative estimate of drug-likeness (QED) is 0.493. The third kappa shape index (κ3) is 2.86. The molecule has 6 heteroatoms. The van der Waals surface area contributed by atoms with E-state index >= 15 is 0 Å². The number of pyridine rings is 1. The molecule has 1 aromatic heterocycles. The summed E-state index contributed by atoms with van der Waals surface area (Å²) >= 11 is 0. The molecule has 2 heterocycles. The Morgan fingerprint density at radius 1 is 1.39 bits per heavy atom. The predicted octanol–water partition coefficient (Wildman–Crippen LogP) is 3.42. The highest BCUT2D eigenvalue weighted by molar-refractivity contribution is 5.88. The normalized spacial score (nSPS) is 15.3. The number of anilines is 1. The van der Waals surface area contributed by atoms with Crippen LogP contribution in [-0.4, -0.2) is 23.0 Å². The van der Waals surface area contributed by atoms with Crippen molar-refractivity contribution in [2.45, 2.75) is 12.8 Å². The lowest BCUT2D eigenvalue weighted by Gasteiger charge is -2.31. The van der Waals surface area contributed by atoms with E-state index in [-0.39, 0.29) is 5.69 Å². The first-order valence-corrected chi connectivity index (χ1v) is 7.49. The van der Waals surface area contributed by atoms with Gasteiger partial charge in [0.05, 0.1) is 22.1 Å². The Morgan fingerprint density at radius 2 is 2.13 bits per heavy atom. The fraction of sp³-hybridized carbons (Fsp3) is 0.294. The zero-order chi connectivity index (χ0) is 16.4. The molecule has 3 rings (SSSR count). The van der Waals surface area contributed by atoms with Gasteiger partial charge in [-0.05, 0) is 30.9 Å². The van der Waals surface area contributed by atoms with Crippen LogP contribution in [0.2, 0.25) is 0 Å². The van der Waals surface area contributed by atoms with Crippen LogP contribution in [0.1, 0.15) is 18.4 Å². The number of rotatable bonds is 3. The number of allylic oxidation sites excluding steroid dienone is 1. The number of hydrogen-bond donors (Lipinski definition) is 0. The Morgan fingerprint density at radius 3 is 2.74 bits per heavy atom. The number of aromatic nitrogens is 1. The number of nitrogens with zero attached hydrogens (tertiary/aromatic N) is 4. The van der Waals surface area contributed by atoms with Gasteiger partial charge in [0.15, 0.2) is 0 Å². The molecule has 1 saturated heterocycles. The molecule has 0 spiro atoms. The standard InChI is InChI=1S/C17H16N4O2/c1-2-12-5-7-20(8-6-12)17-9-13(11-18)15-10-14(21(22)23)3-4-16(15)19-17/h2-4,9-10,12H,1,5-8H2. The number of hydrogen-bond acceptors (Lipinski definition) is 5. The summed E-state index contributed by atoms with van der Waals surface area (Å²) in [5, 5.41) is 20.8. The molecule has 1 aromatic carbocycles. The van der Waals surface area contributed by atoms with Crippen LogP contribution in [-0.2, 0) is 0 Å². The molecule has 1 aliphatic rings. The van der Waals surface area contributed by atoms with Crippen molar-refractivity contribution in [2.24, 2.45) is 5.92 Å². The molecule has 0 bridgehead atoms. The summed E-state index contributed by atoms with van der Waals surface area (Å²) < 4.78 is 0. The summed E-state index contributed by atoms with van der Waals surface area (Å²) in [7, 11) is 0. The molecule has 6 nitrogen and oxygen atoms in total. The molecular weight excluding hydrogens is 292 g/mol. The van der Waals surface area contributed by atoms with E-state index in [1.165, 1.54) is 12.1 Å². The van der Waals surface area contributed by atoms with Gasteiger partial charge < -0.3 is 4.90 Å². The lowest BCUT2D eigenvalue weighted by atomic mass is 9.97. The van der Waals surface area contributed by atoms with Gasteiger partial charge in [0.1, 0.15) is 5.82 Å². The van der Waals surface area contributed by atoms with Gasteiger partial charge in [-0.1, -0.05) is 6.08 Å². The summed E-state index contributed by atoms with van der Waals surface area (Å²) in [5.41, 5.74) is 0.991. The Labute approximate surface area is 133 Å². The molecule has 1 aliphatic heterocycles. The molecule has 1 fully saturated rings. The molecular formula is C17H16N4O2. The van der Waals surface area contributed by atoms with Gasteiger partial charge in [-0.3, -0.25) is 10.1 Å². The monoisotopic (exact) mass is 308 g/mol. The van der Waals surface area contributed by atoms with Crippen molar-refractivity contribution in [2.75, 3.05) is 18.0 Å².